The molecule has 140 valence electrons. The van der Waals surface area contributed by atoms with Crippen LogP contribution in [0.15, 0.2) is 35.7 Å². The fourth-order valence-electron chi connectivity index (χ4n) is 3.20. The van der Waals surface area contributed by atoms with Gasteiger partial charge >= 0.3 is 0 Å². The van der Waals surface area contributed by atoms with Crippen LogP contribution in [0.3, 0.4) is 0 Å². The molecule has 1 aromatic carbocycles. The van der Waals surface area contributed by atoms with Crippen LogP contribution in [0.1, 0.15) is 17.5 Å². The number of aromatic nitrogens is 2. The minimum Gasteiger partial charge on any atom is -0.341 e. The summed E-state index contributed by atoms with van der Waals surface area (Å²) in [6.45, 7) is 4.10. The molecular formula is C18H23N3O3S2. The SMILES string of the molecule is Cc1cc(C)cc(-n2ccnc2SCC(=O)N(C)[C@@H]2CCS(=O)(=O)C2)c1. The second-order valence-corrected chi connectivity index (χ2v) is 9.95. The Bertz CT molecular complexity index is 901. The molecule has 2 heterocycles. The Balaban J connectivity index is 1.67. The van der Waals surface area contributed by atoms with E-state index in [1.807, 2.05) is 24.6 Å². The number of hydrogen-bond acceptors (Lipinski definition) is 5. The first-order valence-corrected chi connectivity index (χ1v) is 11.3. The zero-order valence-electron chi connectivity index (χ0n) is 15.2. The molecule has 1 saturated heterocycles. The maximum atomic E-state index is 12.5. The average molecular weight is 394 g/mol. The molecule has 1 atom stereocenters. The van der Waals surface area contributed by atoms with Crippen LogP contribution in [0.2, 0.25) is 0 Å². The standard InChI is InChI=1S/C18H23N3O3S2/c1-13-8-14(2)10-16(9-13)21-6-5-19-18(21)25-11-17(22)20(3)15-4-7-26(23,24)12-15/h5-6,8-10,15H,4,7,11-12H2,1-3H3/t15-/m1/s1. The summed E-state index contributed by atoms with van der Waals surface area (Å²) in [7, 11) is -1.31. The predicted octanol–water partition coefficient (Wildman–Crippen LogP) is 2.23. The minimum atomic E-state index is -3.00. The third-order valence-corrected chi connectivity index (χ3v) is 7.27. The molecule has 6 nitrogen and oxygen atoms in total. The van der Waals surface area contributed by atoms with E-state index in [0.717, 1.165) is 10.8 Å². The van der Waals surface area contributed by atoms with Gasteiger partial charge in [-0.3, -0.25) is 9.36 Å². The van der Waals surface area contributed by atoms with Gasteiger partial charge in [0, 0.05) is 31.2 Å². The Morgan fingerprint density at radius 2 is 2.00 bits per heavy atom. The van der Waals surface area contributed by atoms with E-state index in [2.05, 4.69) is 23.2 Å². The van der Waals surface area contributed by atoms with E-state index < -0.39 is 9.84 Å². The van der Waals surface area contributed by atoms with Crippen LogP contribution in [0.5, 0.6) is 0 Å². The van der Waals surface area contributed by atoms with Gasteiger partial charge < -0.3 is 4.90 Å². The highest BCUT2D eigenvalue weighted by molar-refractivity contribution is 7.99. The van der Waals surface area contributed by atoms with Gasteiger partial charge in [-0.25, -0.2) is 13.4 Å². The second kappa shape index (κ2) is 7.44. The van der Waals surface area contributed by atoms with Gasteiger partial charge in [0.25, 0.3) is 0 Å². The summed E-state index contributed by atoms with van der Waals surface area (Å²) in [5.74, 6) is 0.387. The Labute approximate surface area is 158 Å². The van der Waals surface area contributed by atoms with E-state index in [1.165, 1.54) is 22.9 Å². The molecule has 0 spiro atoms. The molecule has 26 heavy (non-hydrogen) atoms. The molecule has 1 aromatic heterocycles. The average Bonchev–Trinajstić information content (AvgIpc) is 3.17. The fourth-order valence-corrected chi connectivity index (χ4v) is 5.87. The van der Waals surface area contributed by atoms with Gasteiger partial charge in [0.15, 0.2) is 15.0 Å². The lowest BCUT2D eigenvalue weighted by atomic mass is 10.1. The summed E-state index contributed by atoms with van der Waals surface area (Å²) in [5.41, 5.74) is 3.36. The number of imidazole rings is 1. The number of sulfone groups is 1. The van der Waals surface area contributed by atoms with E-state index in [1.54, 1.807) is 18.1 Å². The highest BCUT2D eigenvalue weighted by atomic mass is 32.2. The molecule has 1 aliphatic rings. The lowest BCUT2D eigenvalue weighted by Gasteiger charge is -2.23. The van der Waals surface area contributed by atoms with Crippen molar-refractivity contribution in [1.82, 2.24) is 14.5 Å². The van der Waals surface area contributed by atoms with Crippen molar-refractivity contribution in [3.8, 4) is 5.69 Å². The van der Waals surface area contributed by atoms with Crippen molar-refractivity contribution in [2.24, 2.45) is 0 Å². The largest absolute Gasteiger partial charge is 0.341 e. The predicted molar refractivity (Wildman–Crippen MR) is 104 cm³/mol. The summed E-state index contributed by atoms with van der Waals surface area (Å²) in [4.78, 5) is 18.4. The van der Waals surface area contributed by atoms with Crippen LogP contribution in [0.4, 0.5) is 0 Å². The van der Waals surface area contributed by atoms with Crippen molar-refractivity contribution < 1.29 is 13.2 Å². The van der Waals surface area contributed by atoms with E-state index in [4.69, 9.17) is 0 Å². The molecule has 0 saturated carbocycles. The molecule has 3 rings (SSSR count). The van der Waals surface area contributed by atoms with E-state index in [-0.39, 0.29) is 29.2 Å². The third kappa shape index (κ3) is 4.29. The molecule has 2 aromatic rings. The molecule has 0 bridgehead atoms. The lowest BCUT2D eigenvalue weighted by molar-refractivity contribution is -0.128. The van der Waals surface area contributed by atoms with Crippen molar-refractivity contribution in [3.63, 3.8) is 0 Å². The van der Waals surface area contributed by atoms with Gasteiger partial charge in [0.1, 0.15) is 0 Å². The van der Waals surface area contributed by atoms with Crippen molar-refractivity contribution >= 4 is 27.5 Å². The first kappa shape index (κ1) is 19.0. The Hall–Kier alpha value is -1.80. The van der Waals surface area contributed by atoms with Crippen LogP contribution in [-0.4, -0.2) is 59.1 Å². The summed E-state index contributed by atoms with van der Waals surface area (Å²) >= 11 is 1.37. The zero-order chi connectivity index (χ0) is 18.9. The van der Waals surface area contributed by atoms with Crippen molar-refractivity contribution in [2.75, 3.05) is 24.3 Å². The molecule has 0 unspecified atom stereocenters. The number of hydrogen-bond donors (Lipinski definition) is 0. The van der Waals surface area contributed by atoms with E-state index in [9.17, 15) is 13.2 Å². The number of thioether (sulfide) groups is 1. The van der Waals surface area contributed by atoms with Gasteiger partial charge in [-0.1, -0.05) is 17.8 Å². The van der Waals surface area contributed by atoms with Gasteiger partial charge in [0.2, 0.25) is 5.91 Å². The maximum Gasteiger partial charge on any atom is 0.233 e. The topological polar surface area (TPSA) is 72.3 Å². The number of amides is 1. The Kier molecular flexibility index (Phi) is 5.43. The fraction of sp³-hybridized carbons (Fsp3) is 0.444. The molecule has 8 heteroatoms. The first-order valence-electron chi connectivity index (χ1n) is 8.46. The summed E-state index contributed by atoms with van der Waals surface area (Å²) in [5, 5.41) is 0.746. The van der Waals surface area contributed by atoms with E-state index >= 15 is 0 Å². The van der Waals surface area contributed by atoms with Gasteiger partial charge in [0.05, 0.1) is 17.3 Å². The van der Waals surface area contributed by atoms with Crippen LogP contribution >= 0.6 is 11.8 Å². The lowest BCUT2D eigenvalue weighted by Crippen LogP contribution is -2.38. The second-order valence-electron chi connectivity index (χ2n) is 6.78. The van der Waals surface area contributed by atoms with Crippen molar-refractivity contribution in [2.45, 2.75) is 31.5 Å². The van der Waals surface area contributed by atoms with Gasteiger partial charge in [-0.05, 0) is 43.5 Å². The number of nitrogens with zero attached hydrogens (tertiary/aromatic N) is 3. The summed E-state index contributed by atoms with van der Waals surface area (Å²) < 4.78 is 25.2. The molecule has 1 amide bonds. The molecule has 1 aliphatic heterocycles. The number of aryl methyl sites for hydroxylation is 2. The van der Waals surface area contributed by atoms with Crippen LogP contribution in [0, 0.1) is 13.8 Å². The number of benzene rings is 1. The molecule has 1 fully saturated rings. The molecule has 0 N–H and O–H groups in total. The van der Waals surface area contributed by atoms with Crippen LogP contribution in [0.25, 0.3) is 5.69 Å². The first-order chi connectivity index (χ1) is 12.2. The van der Waals surface area contributed by atoms with Crippen LogP contribution in [-0.2, 0) is 14.6 Å². The van der Waals surface area contributed by atoms with Gasteiger partial charge in [-0.15, -0.1) is 0 Å². The Morgan fingerprint density at radius 3 is 2.62 bits per heavy atom. The summed E-state index contributed by atoms with van der Waals surface area (Å²) in [6.07, 6.45) is 4.12. The Morgan fingerprint density at radius 1 is 1.31 bits per heavy atom. The van der Waals surface area contributed by atoms with Crippen LogP contribution < -0.4 is 0 Å². The third-order valence-electron chi connectivity index (χ3n) is 4.57. The highest BCUT2D eigenvalue weighted by Gasteiger charge is 2.32. The number of carbonyl (C=O) groups is 1. The van der Waals surface area contributed by atoms with E-state index in [0.29, 0.717) is 6.42 Å². The quantitative estimate of drug-likeness (QED) is 0.729. The zero-order valence-corrected chi connectivity index (χ0v) is 16.8. The molecule has 0 radical (unpaired) electrons. The molecular weight excluding hydrogens is 370 g/mol. The van der Waals surface area contributed by atoms with Crippen molar-refractivity contribution in [3.05, 3.63) is 41.7 Å². The minimum absolute atomic E-state index is 0.0666. The van der Waals surface area contributed by atoms with Crippen molar-refractivity contribution in [1.29, 1.82) is 0 Å². The normalized spacial score (nSPS) is 18.8. The molecule has 0 aliphatic carbocycles. The highest BCUT2D eigenvalue weighted by Crippen LogP contribution is 2.23. The maximum absolute atomic E-state index is 12.5. The summed E-state index contributed by atoms with van der Waals surface area (Å²) in [6, 6.07) is 6.06. The smallest absolute Gasteiger partial charge is 0.233 e. The monoisotopic (exact) mass is 393 g/mol. The number of carbonyl (C=O) groups excluding carboxylic acids is 1. The number of rotatable bonds is 5. The van der Waals surface area contributed by atoms with Gasteiger partial charge in [-0.2, -0.15) is 0 Å².